The van der Waals surface area contributed by atoms with E-state index in [0.717, 1.165) is 6.34 Å². The Bertz CT molecular complexity index is 350. The second-order valence-electron chi connectivity index (χ2n) is 2.42. The van der Waals surface area contributed by atoms with Crippen molar-refractivity contribution < 1.29 is 14.2 Å². The molecule has 0 spiro atoms. The van der Waals surface area contributed by atoms with Crippen LogP contribution in [0.2, 0.25) is 0 Å². The molecule has 0 saturated heterocycles. The number of hydrogen-bond acceptors (Lipinski definition) is 3. The number of rotatable bonds is 3. The molecule has 0 aliphatic rings. The first-order valence-corrected chi connectivity index (χ1v) is 4.22. The van der Waals surface area contributed by atoms with Gasteiger partial charge >= 0.3 is 11.7 Å². The summed E-state index contributed by atoms with van der Waals surface area (Å²) in [5, 5.41) is 3.78. The lowest BCUT2D eigenvalue weighted by atomic mass is 10.3. The molecule has 14 heavy (non-hydrogen) atoms. The fourth-order valence-electron chi connectivity index (χ4n) is 0.974. The topological polar surface area (TPSA) is 68.6 Å². The van der Waals surface area contributed by atoms with Gasteiger partial charge in [-0.25, -0.2) is 4.79 Å². The third kappa shape index (κ3) is 2.29. The fourth-order valence-corrected chi connectivity index (χ4v) is 0.974. The summed E-state index contributed by atoms with van der Waals surface area (Å²) >= 11 is 0. The number of hydrogen-bond donors (Lipinski definition) is 1. The maximum atomic E-state index is 11.4. The molecule has 0 aromatic carbocycles. The van der Waals surface area contributed by atoms with Crippen LogP contribution in [0.3, 0.4) is 0 Å². The number of nitrogens with zero attached hydrogens (tertiary/aromatic N) is 2. The van der Waals surface area contributed by atoms with E-state index in [1.54, 1.807) is 31.3 Å². The summed E-state index contributed by atoms with van der Waals surface area (Å²) < 4.78 is 6.20. The van der Waals surface area contributed by atoms with Crippen molar-refractivity contribution in [1.82, 2.24) is 0 Å². The monoisotopic (exact) mass is 194 g/mol. The number of pyridine rings is 1. The second kappa shape index (κ2) is 4.96. The van der Waals surface area contributed by atoms with Gasteiger partial charge in [-0.3, -0.25) is 0 Å². The van der Waals surface area contributed by atoms with E-state index in [2.05, 4.69) is 5.10 Å². The molecule has 2 N–H and O–H groups in total. The molecular formula is C9H12N3O2+. The molecule has 1 rings (SSSR count). The molecule has 0 unspecified atom stereocenters. The highest BCUT2D eigenvalue weighted by Crippen LogP contribution is 1.94. The zero-order valence-electron chi connectivity index (χ0n) is 7.88. The van der Waals surface area contributed by atoms with Crippen LogP contribution in [-0.2, 0) is 4.74 Å². The largest absolute Gasteiger partial charge is 0.458 e. The Morgan fingerprint density at radius 2 is 2.50 bits per heavy atom. The second-order valence-corrected chi connectivity index (χ2v) is 2.42. The van der Waals surface area contributed by atoms with Crippen LogP contribution in [0, 0.1) is 0 Å². The quantitative estimate of drug-likeness (QED) is 0.316. The number of aromatic nitrogens is 1. The SMILES string of the molecule is CCOC(=O)c1cccc[n+]1/N=C\N. The van der Waals surface area contributed by atoms with Gasteiger partial charge in [0, 0.05) is 17.2 Å². The summed E-state index contributed by atoms with van der Waals surface area (Å²) in [6, 6.07) is 5.09. The molecule has 0 aliphatic carbocycles. The van der Waals surface area contributed by atoms with E-state index < -0.39 is 5.97 Å². The van der Waals surface area contributed by atoms with E-state index in [4.69, 9.17) is 10.5 Å². The maximum absolute atomic E-state index is 11.4. The van der Waals surface area contributed by atoms with Crippen LogP contribution in [0.15, 0.2) is 29.5 Å². The van der Waals surface area contributed by atoms with E-state index in [9.17, 15) is 4.79 Å². The van der Waals surface area contributed by atoms with Crippen LogP contribution in [0.4, 0.5) is 0 Å². The molecule has 74 valence electrons. The van der Waals surface area contributed by atoms with Crippen molar-refractivity contribution >= 4 is 12.3 Å². The van der Waals surface area contributed by atoms with Crippen LogP contribution >= 0.6 is 0 Å². The zero-order valence-corrected chi connectivity index (χ0v) is 7.88. The van der Waals surface area contributed by atoms with Crippen LogP contribution < -0.4 is 10.4 Å². The highest BCUT2D eigenvalue weighted by Gasteiger charge is 2.19. The number of ether oxygens (including phenoxy) is 1. The van der Waals surface area contributed by atoms with Gasteiger partial charge in [-0.05, 0) is 17.7 Å². The van der Waals surface area contributed by atoms with Gasteiger partial charge in [0.1, 0.15) is 0 Å². The van der Waals surface area contributed by atoms with Gasteiger partial charge in [0.25, 0.3) is 0 Å². The average Bonchev–Trinajstić information content (AvgIpc) is 2.19. The molecule has 1 heterocycles. The summed E-state index contributed by atoms with van der Waals surface area (Å²) in [5.41, 5.74) is 5.48. The van der Waals surface area contributed by atoms with Crippen molar-refractivity contribution in [1.29, 1.82) is 0 Å². The molecule has 5 heteroatoms. The first kappa shape index (κ1) is 10.2. The highest BCUT2D eigenvalue weighted by atomic mass is 16.5. The molecule has 0 fully saturated rings. The van der Waals surface area contributed by atoms with Crippen LogP contribution in [0.5, 0.6) is 0 Å². The Labute approximate surface area is 81.8 Å². The number of carbonyl (C=O) groups is 1. The van der Waals surface area contributed by atoms with E-state index in [-0.39, 0.29) is 0 Å². The minimum absolute atomic E-state index is 0.333. The van der Waals surface area contributed by atoms with Crippen molar-refractivity contribution in [2.45, 2.75) is 6.92 Å². The van der Waals surface area contributed by atoms with Gasteiger partial charge in [0.2, 0.25) is 6.20 Å². The van der Waals surface area contributed by atoms with Crippen LogP contribution in [-0.4, -0.2) is 18.9 Å². The molecule has 0 bridgehead atoms. The lowest BCUT2D eigenvalue weighted by Gasteiger charge is -1.97. The summed E-state index contributed by atoms with van der Waals surface area (Å²) in [6.07, 6.45) is 2.73. The molecule has 5 nitrogen and oxygen atoms in total. The van der Waals surface area contributed by atoms with Gasteiger partial charge in [-0.1, -0.05) is 0 Å². The Hall–Kier alpha value is -1.91. The van der Waals surface area contributed by atoms with Crippen LogP contribution in [0.1, 0.15) is 17.4 Å². The van der Waals surface area contributed by atoms with Crippen molar-refractivity contribution in [2.75, 3.05) is 6.61 Å². The van der Waals surface area contributed by atoms with E-state index >= 15 is 0 Å². The fraction of sp³-hybridized carbons (Fsp3) is 0.222. The molecule has 0 atom stereocenters. The van der Waals surface area contributed by atoms with E-state index in [1.165, 1.54) is 4.68 Å². The van der Waals surface area contributed by atoms with Crippen molar-refractivity contribution in [2.24, 2.45) is 10.8 Å². The van der Waals surface area contributed by atoms with Gasteiger partial charge in [0.15, 0.2) is 6.34 Å². The maximum Gasteiger partial charge on any atom is 0.406 e. The van der Waals surface area contributed by atoms with E-state index in [0.29, 0.717) is 12.3 Å². The highest BCUT2D eigenvalue weighted by molar-refractivity contribution is 5.85. The van der Waals surface area contributed by atoms with Crippen LogP contribution in [0.25, 0.3) is 0 Å². The third-order valence-electron chi connectivity index (χ3n) is 1.51. The Kier molecular flexibility index (Phi) is 3.60. The lowest BCUT2D eigenvalue weighted by Crippen LogP contribution is -2.36. The molecule has 0 aliphatic heterocycles. The van der Waals surface area contributed by atoms with Crippen molar-refractivity contribution in [3.05, 3.63) is 30.1 Å². The lowest BCUT2D eigenvalue weighted by molar-refractivity contribution is -0.680. The average molecular weight is 194 g/mol. The standard InChI is InChI=1S/C9H11N3O2/c1-2-14-9(13)8-5-3-4-6-12(8)11-7-10/h3-7H,2H2,1H3,(H-,10,11,13)/p+1. The zero-order chi connectivity index (χ0) is 10.4. The van der Waals surface area contributed by atoms with Crippen molar-refractivity contribution in [3.63, 3.8) is 0 Å². The third-order valence-corrected chi connectivity index (χ3v) is 1.51. The predicted molar refractivity (Wildman–Crippen MR) is 50.7 cm³/mol. The first-order chi connectivity index (χ1) is 6.79. The Morgan fingerprint density at radius 3 is 3.14 bits per heavy atom. The Balaban J connectivity index is 3.00. The molecule has 0 saturated carbocycles. The van der Waals surface area contributed by atoms with Gasteiger partial charge < -0.3 is 10.5 Å². The number of nitrogens with two attached hydrogens (primary N) is 1. The summed E-state index contributed by atoms with van der Waals surface area (Å²) in [4.78, 5) is 11.4. The summed E-state index contributed by atoms with van der Waals surface area (Å²) in [7, 11) is 0. The first-order valence-electron chi connectivity index (χ1n) is 4.22. The number of esters is 1. The molecule has 1 aromatic rings. The summed E-state index contributed by atoms with van der Waals surface area (Å²) in [5.74, 6) is -0.418. The minimum Gasteiger partial charge on any atom is -0.458 e. The molecular weight excluding hydrogens is 182 g/mol. The number of carbonyl (C=O) groups excluding carboxylic acids is 1. The molecule has 0 radical (unpaired) electrons. The van der Waals surface area contributed by atoms with E-state index in [1.807, 2.05) is 0 Å². The van der Waals surface area contributed by atoms with Gasteiger partial charge in [-0.2, -0.15) is 0 Å². The molecule has 0 amide bonds. The normalized spacial score (nSPS) is 10.4. The smallest absolute Gasteiger partial charge is 0.406 e. The van der Waals surface area contributed by atoms with Gasteiger partial charge in [0.05, 0.1) is 6.61 Å². The Morgan fingerprint density at radius 1 is 1.71 bits per heavy atom. The van der Waals surface area contributed by atoms with Crippen molar-refractivity contribution in [3.8, 4) is 0 Å². The molecule has 1 aromatic heterocycles. The minimum atomic E-state index is -0.418. The van der Waals surface area contributed by atoms with Gasteiger partial charge in [-0.15, -0.1) is 0 Å². The summed E-state index contributed by atoms with van der Waals surface area (Å²) in [6.45, 7) is 2.08. The predicted octanol–water partition coefficient (Wildman–Crippen LogP) is -0.0991.